The third kappa shape index (κ3) is 6.63. The van der Waals surface area contributed by atoms with Gasteiger partial charge in [-0.1, -0.05) is 6.07 Å². The maximum absolute atomic E-state index is 12.0. The Hall–Kier alpha value is -3.07. The zero-order valence-corrected chi connectivity index (χ0v) is 15.8. The molecule has 0 spiro atoms. The number of amides is 3. The molecule has 8 nitrogen and oxygen atoms in total. The van der Waals surface area contributed by atoms with Crippen LogP contribution in [0.2, 0.25) is 0 Å². The Labute approximate surface area is 160 Å². The van der Waals surface area contributed by atoms with E-state index in [1.54, 1.807) is 48.7 Å². The quantitative estimate of drug-likeness (QED) is 0.591. The van der Waals surface area contributed by atoms with Crippen LogP contribution in [0.15, 0.2) is 41.8 Å². The van der Waals surface area contributed by atoms with Gasteiger partial charge >= 0.3 is 0 Å². The molecule has 1 aromatic carbocycles. The van der Waals surface area contributed by atoms with Gasteiger partial charge in [-0.15, -0.1) is 11.3 Å². The summed E-state index contributed by atoms with van der Waals surface area (Å²) < 4.78 is 10.8. The molecule has 0 aliphatic heterocycles. The number of thiophene rings is 1. The van der Waals surface area contributed by atoms with E-state index in [0.717, 1.165) is 0 Å². The highest BCUT2D eigenvalue weighted by Gasteiger charge is 2.16. The second kappa shape index (κ2) is 10.2. The SMILES string of the molecule is CCOc1ccc(O[C@@H](C)C(=O)NNC(=O)CNC(=O)c2cccs2)cc1. The molecule has 3 N–H and O–H groups in total. The van der Waals surface area contributed by atoms with Crippen molar-refractivity contribution in [3.8, 4) is 11.5 Å². The average Bonchev–Trinajstić information content (AvgIpc) is 3.20. The van der Waals surface area contributed by atoms with Gasteiger partial charge in [0.15, 0.2) is 6.10 Å². The minimum Gasteiger partial charge on any atom is -0.494 e. The predicted molar refractivity (Wildman–Crippen MR) is 101 cm³/mol. The topological polar surface area (TPSA) is 106 Å². The van der Waals surface area contributed by atoms with Gasteiger partial charge in [-0.05, 0) is 49.6 Å². The van der Waals surface area contributed by atoms with Gasteiger partial charge in [0.25, 0.3) is 17.7 Å². The minimum atomic E-state index is -0.830. The van der Waals surface area contributed by atoms with E-state index in [0.29, 0.717) is 23.0 Å². The van der Waals surface area contributed by atoms with Gasteiger partial charge in [0.2, 0.25) is 0 Å². The maximum Gasteiger partial charge on any atom is 0.279 e. The second-order valence-electron chi connectivity index (χ2n) is 5.36. The zero-order chi connectivity index (χ0) is 19.6. The van der Waals surface area contributed by atoms with Gasteiger partial charge in [0.05, 0.1) is 18.0 Å². The normalized spacial score (nSPS) is 11.2. The van der Waals surface area contributed by atoms with Crippen LogP contribution in [-0.2, 0) is 9.59 Å². The van der Waals surface area contributed by atoms with E-state index in [2.05, 4.69) is 16.2 Å². The Morgan fingerprint density at radius 3 is 2.41 bits per heavy atom. The van der Waals surface area contributed by atoms with Crippen LogP contribution < -0.4 is 25.6 Å². The summed E-state index contributed by atoms with van der Waals surface area (Å²) in [6.45, 7) is 3.74. The third-order valence-electron chi connectivity index (χ3n) is 3.30. The van der Waals surface area contributed by atoms with Crippen LogP contribution in [0.5, 0.6) is 11.5 Å². The van der Waals surface area contributed by atoms with Crippen molar-refractivity contribution >= 4 is 29.1 Å². The molecule has 9 heteroatoms. The predicted octanol–water partition coefficient (Wildman–Crippen LogP) is 1.49. The standard InChI is InChI=1S/C18H21N3O5S/c1-3-25-13-6-8-14(9-7-13)26-12(2)17(23)21-20-16(22)11-19-18(24)15-5-4-10-27-15/h4-10,12H,3,11H2,1-2H3,(H,19,24)(H,20,22)(H,21,23)/t12-/m0/s1. The number of benzene rings is 1. The Bertz CT molecular complexity index is 762. The minimum absolute atomic E-state index is 0.259. The van der Waals surface area contributed by atoms with E-state index >= 15 is 0 Å². The Balaban J connectivity index is 1.70. The summed E-state index contributed by atoms with van der Waals surface area (Å²) in [4.78, 5) is 35.9. The summed E-state index contributed by atoms with van der Waals surface area (Å²) in [6.07, 6.45) is -0.830. The van der Waals surface area contributed by atoms with Crippen molar-refractivity contribution in [1.29, 1.82) is 0 Å². The molecule has 0 aliphatic rings. The van der Waals surface area contributed by atoms with Gasteiger partial charge in [-0.3, -0.25) is 25.2 Å². The fourth-order valence-corrected chi connectivity index (χ4v) is 2.61. The number of hydrazine groups is 1. The van der Waals surface area contributed by atoms with E-state index in [4.69, 9.17) is 9.47 Å². The largest absolute Gasteiger partial charge is 0.494 e. The molecule has 0 unspecified atom stereocenters. The summed E-state index contributed by atoms with van der Waals surface area (Å²) in [6, 6.07) is 10.2. The van der Waals surface area contributed by atoms with Gasteiger partial charge in [0, 0.05) is 0 Å². The van der Waals surface area contributed by atoms with Crippen molar-refractivity contribution in [2.75, 3.05) is 13.2 Å². The second-order valence-corrected chi connectivity index (χ2v) is 6.31. The average molecular weight is 391 g/mol. The van der Waals surface area contributed by atoms with Gasteiger partial charge < -0.3 is 14.8 Å². The van der Waals surface area contributed by atoms with Crippen LogP contribution in [0.25, 0.3) is 0 Å². The first kappa shape index (κ1) is 20.2. The molecule has 1 atom stereocenters. The summed E-state index contributed by atoms with van der Waals surface area (Å²) in [5, 5.41) is 4.22. The first-order valence-corrected chi connectivity index (χ1v) is 9.17. The smallest absolute Gasteiger partial charge is 0.279 e. The lowest BCUT2D eigenvalue weighted by Gasteiger charge is -2.15. The number of hydrogen-bond donors (Lipinski definition) is 3. The van der Waals surface area contributed by atoms with Crippen molar-refractivity contribution in [3.05, 3.63) is 46.7 Å². The molecule has 0 saturated carbocycles. The highest BCUT2D eigenvalue weighted by atomic mass is 32.1. The maximum atomic E-state index is 12.0. The van der Waals surface area contributed by atoms with Crippen molar-refractivity contribution in [2.24, 2.45) is 0 Å². The van der Waals surface area contributed by atoms with Gasteiger partial charge in [-0.25, -0.2) is 0 Å². The van der Waals surface area contributed by atoms with Crippen LogP contribution in [0.4, 0.5) is 0 Å². The van der Waals surface area contributed by atoms with E-state index in [1.807, 2.05) is 6.92 Å². The summed E-state index contributed by atoms with van der Waals surface area (Å²) in [5.41, 5.74) is 4.48. The zero-order valence-electron chi connectivity index (χ0n) is 15.0. The van der Waals surface area contributed by atoms with Gasteiger partial charge in [0.1, 0.15) is 11.5 Å². The van der Waals surface area contributed by atoms with Crippen molar-refractivity contribution < 1.29 is 23.9 Å². The molecule has 1 aromatic heterocycles. The van der Waals surface area contributed by atoms with Crippen LogP contribution in [0, 0.1) is 0 Å². The van der Waals surface area contributed by atoms with E-state index in [1.165, 1.54) is 11.3 Å². The third-order valence-corrected chi connectivity index (χ3v) is 4.17. The molecule has 0 fully saturated rings. The summed E-state index contributed by atoms with van der Waals surface area (Å²) >= 11 is 1.27. The number of carbonyl (C=O) groups excluding carboxylic acids is 3. The number of rotatable bonds is 8. The number of ether oxygens (including phenoxy) is 2. The lowest BCUT2D eigenvalue weighted by Crippen LogP contribution is -2.50. The van der Waals surface area contributed by atoms with Crippen LogP contribution in [0.3, 0.4) is 0 Å². The lowest BCUT2D eigenvalue weighted by atomic mass is 10.3. The first-order valence-electron chi connectivity index (χ1n) is 8.29. The molecule has 2 aromatic rings. The number of carbonyl (C=O) groups is 3. The lowest BCUT2D eigenvalue weighted by molar-refractivity contribution is -0.132. The fraction of sp³-hybridized carbons (Fsp3) is 0.278. The molecule has 0 aliphatic carbocycles. The van der Waals surface area contributed by atoms with E-state index in [-0.39, 0.29) is 12.5 Å². The first-order chi connectivity index (χ1) is 13.0. The van der Waals surface area contributed by atoms with E-state index in [9.17, 15) is 14.4 Å². The molecule has 3 amide bonds. The Kier molecular flexibility index (Phi) is 7.63. The Morgan fingerprint density at radius 2 is 1.78 bits per heavy atom. The molecule has 27 heavy (non-hydrogen) atoms. The summed E-state index contributed by atoms with van der Waals surface area (Å²) in [5.74, 6) is -0.225. The molecule has 144 valence electrons. The van der Waals surface area contributed by atoms with Gasteiger partial charge in [-0.2, -0.15) is 0 Å². The monoisotopic (exact) mass is 391 g/mol. The van der Waals surface area contributed by atoms with Crippen molar-refractivity contribution in [3.63, 3.8) is 0 Å². The van der Waals surface area contributed by atoms with Crippen LogP contribution >= 0.6 is 11.3 Å². The molecular weight excluding hydrogens is 370 g/mol. The molecule has 0 radical (unpaired) electrons. The van der Waals surface area contributed by atoms with Crippen LogP contribution in [0.1, 0.15) is 23.5 Å². The highest BCUT2D eigenvalue weighted by Crippen LogP contribution is 2.18. The fourth-order valence-electron chi connectivity index (χ4n) is 1.97. The summed E-state index contributed by atoms with van der Waals surface area (Å²) in [7, 11) is 0. The van der Waals surface area contributed by atoms with E-state index < -0.39 is 17.9 Å². The molecule has 1 heterocycles. The molecular formula is C18H21N3O5S. The van der Waals surface area contributed by atoms with Crippen molar-refractivity contribution in [2.45, 2.75) is 20.0 Å². The highest BCUT2D eigenvalue weighted by molar-refractivity contribution is 7.12. The number of nitrogens with one attached hydrogen (secondary N) is 3. The van der Waals surface area contributed by atoms with Crippen LogP contribution in [-0.4, -0.2) is 37.0 Å². The van der Waals surface area contributed by atoms with Crippen molar-refractivity contribution in [1.82, 2.24) is 16.2 Å². The number of hydrogen-bond acceptors (Lipinski definition) is 6. The molecule has 0 bridgehead atoms. The molecule has 0 saturated heterocycles. The Morgan fingerprint density at radius 1 is 1.07 bits per heavy atom. The molecule has 2 rings (SSSR count).